The molecule has 31 heavy (non-hydrogen) atoms. The van der Waals surface area contributed by atoms with Crippen LogP contribution in [0.25, 0.3) is 0 Å². The molecule has 0 radical (unpaired) electrons. The molecule has 2 N–H and O–H groups in total. The van der Waals surface area contributed by atoms with Crippen molar-refractivity contribution >= 4 is 33.9 Å². The summed E-state index contributed by atoms with van der Waals surface area (Å²) in [5, 5.41) is 13.6. The first-order chi connectivity index (χ1) is 14.4. The summed E-state index contributed by atoms with van der Waals surface area (Å²) < 4.78 is 40.7. The Labute approximate surface area is 183 Å². The lowest BCUT2D eigenvalue weighted by Crippen LogP contribution is -2.45. The maximum absolute atomic E-state index is 12.6. The molecule has 2 bridgehead atoms. The fraction of sp³-hybridized carbons (Fsp3) is 0.765. The van der Waals surface area contributed by atoms with Crippen LogP contribution in [0, 0.1) is 0 Å². The van der Waals surface area contributed by atoms with Gasteiger partial charge in [0.25, 0.3) is 0 Å². The molecule has 1 aromatic rings. The minimum absolute atomic E-state index is 0.0222. The quantitative estimate of drug-likeness (QED) is 0.609. The van der Waals surface area contributed by atoms with Gasteiger partial charge in [-0.3, -0.25) is 4.55 Å². The van der Waals surface area contributed by atoms with E-state index < -0.39 is 34.2 Å². The summed E-state index contributed by atoms with van der Waals surface area (Å²) in [7, 11) is -4.77. The number of alkyl carbamates (subject to hydrolysis) is 1. The monoisotopic (exact) mass is 475 g/mol. The van der Waals surface area contributed by atoms with Crippen LogP contribution in [0.5, 0.6) is 0 Å². The highest BCUT2D eigenvalue weighted by atomic mass is 32.3. The number of aromatic nitrogens is 2. The number of amides is 3. The van der Waals surface area contributed by atoms with Crippen molar-refractivity contribution in [2.45, 2.75) is 76.1 Å². The predicted octanol–water partition coefficient (Wildman–Crippen LogP) is 1.98. The van der Waals surface area contributed by atoms with Crippen LogP contribution in [0.4, 0.5) is 9.59 Å². The Morgan fingerprint density at radius 3 is 2.55 bits per heavy atom. The minimum atomic E-state index is -4.77. The Balaban J connectivity index is 1.34. The van der Waals surface area contributed by atoms with Gasteiger partial charge in [0, 0.05) is 18.5 Å². The van der Waals surface area contributed by atoms with Crippen molar-refractivity contribution in [3.8, 4) is 0 Å². The molecular weight excluding hydrogens is 450 g/mol. The van der Waals surface area contributed by atoms with E-state index in [-0.39, 0.29) is 18.0 Å². The lowest BCUT2D eigenvalue weighted by Gasteiger charge is -2.34. The van der Waals surface area contributed by atoms with Crippen LogP contribution in [0.2, 0.25) is 0 Å². The molecule has 2 saturated heterocycles. The number of fused-ring (bicyclic) bond motifs is 2. The van der Waals surface area contributed by atoms with Gasteiger partial charge >= 0.3 is 22.5 Å². The molecule has 2 aliphatic heterocycles. The summed E-state index contributed by atoms with van der Waals surface area (Å²) in [6.07, 6.45) is 2.14. The fourth-order valence-corrected chi connectivity index (χ4v) is 5.55. The first-order valence-electron chi connectivity index (χ1n) is 9.99. The van der Waals surface area contributed by atoms with Gasteiger partial charge in [-0.1, -0.05) is 11.3 Å². The largest absolute Gasteiger partial charge is 0.444 e. The van der Waals surface area contributed by atoms with E-state index >= 15 is 0 Å². The normalized spacial score (nSPS) is 28.5. The lowest BCUT2D eigenvalue weighted by molar-refractivity contribution is -0.0317. The van der Waals surface area contributed by atoms with Crippen LogP contribution in [-0.4, -0.2) is 69.5 Å². The number of hydrogen-bond acceptors (Lipinski definition) is 9. The van der Waals surface area contributed by atoms with Crippen molar-refractivity contribution < 1.29 is 31.6 Å². The predicted molar refractivity (Wildman–Crippen MR) is 107 cm³/mol. The standard InChI is InChI=1S/C17H25N5O7S2/c1-17(2,3)28-15(23)18-10-6-9(7-10)13-19-20-14(30-13)12-5-4-11-8-21(12)16(24)22(11)29-31(25,26)27/h9-12H,4-8H2,1-3H3,(H,18,23)(H,25,26,27)/t9?,10?,11-,12-/m0/s1. The second-order valence-corrected chi connectivity index (χ2v) is 11.0. The number of carbonyl (C=O) groups is 2. The molecule has 1 aliphatic carbocycles. The molecule has 14 heteroatoms. The van der Waals surface area contributed by atoms with Crippen molar-refractivity contribution in [2.24, 2.45) is 0 Å². The summed E-state index contributed by atoms with van der Waals surface area (Å²) >= 11 is 1.42. The molecule has 1 saturated carbocycles. The molecule has 1 aromatic heterocycles. The Morgan fingerprint density at radius 2 is 1.90 bits per heavy atom. The smallest absolute Gasteiger partial charge is 0.418 e. The number of nitrogens with one attached hydrogen (secondary N) is 1. The van der Waals surface area contributed by atoms with Gasteiger partial charge in [-0.05, 0) is 46.5 Å². The third-order valence-electron chi connectivity index (χ3n) is 5.45. The molecule has 12 nitrogen and oxygen atoms in total. The van der Waals surface area contributed by atoms with Crippen LogP contribution in [-0.2, 0) is 19.4 Å². The lowest BCUT2D eigenvalue weighted by atomic mass is 9.81. The SMILES string of the molecule is CC(C)(C)OC(=O)NC1CC(c2nnc([C@@H]3CC[C@H]4CN3C(=O)N4OS(=O)(=O)O)s2)C1. The second kappa shape index (κ2) is 7.83. The number of piperidine rings is 1. The molecule has 3 heterocycles. The van der Waals surface area contributed by atoms with E-state index in [9.17, 15) is 18.0 Å². The molecule has 2 atom stereocenters. The molecule has 0 unspecified atom stereocenters. The maximum Gasteiger partial charge on any atom is 0.418 e. The van der Waals surface area contributed by atoms with Crippen LogP contribution in [0.3, 0.4) is 0 Å². The summed E-state index contributed by atoms with van der Waals surface area (Å²) in [6.45, 7) is 5.72. The number of ether oxygens (including phenoxy) is 1. The average molecular weight is 476 g/mol. The third kappa shape index (κ3) is 4.91. The number of urea groups is 1. The Morgan fingerprint density at radius 1 is 1.23 bits per heavy atom. The highest BCUT2D eigenvalue weighted by molar-refractivity contribution is 7.80. The number of rotatable bonds is 5. The second-order valence-electron chi connectivity index (χ2n) is 9.00. The minimum Gasteiger partial charge on any atom is -0.444 e. The highest BCUT2D eigenvalue weighted by Gasteiger charge is 2.48. The van der Waals surface area contributed by atoms with Crippen LogP contribution in [0.1, 0.15) is 68.4 Å². The van der Waals surface area contributed by atoms with E-state index in [4.69, 9.17) is 9.29 Å². The van der Waals surface area contributed by atoms with Crippen molar-refractivity contribution in [3.63, 3.8) is 0 Å². The first kappa shape index (κ1) is 22.2. The molecule has 0 spiro atoms. The Kier molecular flexibility index (Phi) is 5.60. The average Bonchev–Trinajstić information content (AvgIpc) is 3.16. The van der Waals surface area contributed by atoms with E-state index in [0.717, 1.165) is 22.9 Å². The Hall–Kier alpha value is -2.03. The number of nitrogens with zero attached hydrogens (tertiary/aromatic N) is 4. The summed E-state index contributed by atoms with van der Waals surface area (Å²) in [6, 6.07) is -1.36. The van der Waals surface area contributed by atoms with E-state index in [2.05, 4.69) is 19.8 Å². The zero-order valence-electron chi connectivity index (χ0n) is 17.3. The van der Waals surface area contributed by atoms with Gasteiger partial charge in [-0.15, -0.1) is 14.5 Å². The van der Waals surface area contributed by atoms with Crippen LogP contribution >= 0.6 is 11.3 Å². The molecule has 3 fully saturated rings. The summed E-state index contributed by atoms with van der Waals surface area (Å²) in [5.41, 5.74) is -0.546. The van der Waals surface area contributed by atoms with Crippen molar-refractivity contribution in [1.29, 1.82) is 0 Å². The van der Waals surface area contributed by atoms with Gasteiger partial charge in [0.2, 0.25) is 0 Å². The zero-order chi connectivity index (χ0) is 22.6. The highest BCUT2D eigenvalue weighted by Crippen LogP contribution is 2.43. The van der Waals surface area contributed by atoms with Crippen molar-refractivity contribution in [1.82, 2.24) is 25.5 Å². The molecular formula is C17H25N5O7S2. The summed E-state index contributed by atoms with van der Waals surface area (Å²) in [4.78, 5) is 25.9. The summed E-state index contributed by atoms with van der Waals surface area (Å²) in [5.74, 6) is 0.177. The van der Waals surface area contributed by atoms with E-state index in [1.165, 1.54) is 16.2 Å². The molecule has 172 valence electrons. The van der Waals surface area contributed by atoms with Crippen LogP contribution < -0.4 is 5.32 Å². The van der Waals surface area contributed by atoms with E-state index in [0.29, 0.717) is 24.4 Å². The molecule has 0 aromatic carbocycles. The maximum atomic E-state index is 12.6. The Bertz CT molecular complexity index is 970. The zero-order valence-corrected chi connectivity index (χ0v) is 19.0. The molecule has 3 amide bonds. The molecule has 4 rings (SSSR count). The van der Waals surface area contributed by atoms with E-state index in [1.807, 2.05) is 20.8 Å². The number of hydroxylamine groups is 2. The fourth-order valence-electron chi connectivity index (χ4n) is 4.05. The number of carbonyl (C=O) groups excluding carboxylic acids is 2. The van der Waals surface area contributed by atoms with Crippen molar-refractivity contribution in [3.05, 3.63) is 10.0 Å². The molecule has 3 aliphatic rings. The first-order valence-corrected chi connectivity index (χ1v) is 12.2. The third-order valence-corrected chi connectivity index (χ3v) is 6.98. The number of hydrogen-bond donors (Lipinski definition) is 2. The van der Waals surface area contributed by atoms with Gasteiger partial charge < -0.3 is 15.0 Å². The van der Waals surface area contributed by atoms with E-state index in [1.54, 1.807) is 0 Å². The van der Waals surface area contributed by atoms with Crippen molar-refractivity contribution in [2.75, 3.05) is 6.54 Å². The van der Waals surface area contributed by atoms with Gasteiger partial charge in [-0.2, -0.15) is 13.5 Å². The van der Waals surface area contributed by atoms with Gasteiger partial charge in [0.15, 0.2) is 0 Å². The van der Waals surface area contributed by atoms with Crippen LogP contribution in [0.15, 0.2) is 0 Å². The topological polar surface area (TPSA) is 151 Å². The van der Waals surface area contributed by atoms with Gasteiger partial charge in [0.1, 0.15) is 15.6 Å². The van der Waals surface area contributed by atoms with Gasteiger partial charge in [-0.25, -0.2) is 9.59 Å². The van der Waals surface area contributed by atoms with Gasteiger partial charge in [0.05, 0.1) is 12.1 Å².